The molecule has 3 aromatic rings. The van der Waals surface area contributed by atoms with Crippen molar-refractivity contribution < 1.29 is 13.9 Å². The van der Waals surface area contributed by atoms with Crippen LogP contribution in [0.2, 0.25) is 10.0 Å². The van der Waals surface area contributed by atoms with Crippen molar-refractivity contribution in [3.63, 3.8) is 0 Å². The molecule has 0 saturated carbocycles. The summed E-state index contributed by atoms with van der Waals surface area (Å²) in [6.07, 6.45) is 1.41. The van der Waals surface area contributed by atoms with Crippen LogP contribution in [-0.4, -0.2) is 22.3 Å². The molecule has 0 unspecified atom stereocenters. The zero-order valence-corrected chi connectivity index (χ0v) is 15.2. The summed E-state index contributed by atoms with van der Waals surface area (Å²) in [6.45, 7) is 0.597. The van der Waals surface area contributed by atoms with Gasteiger partial charge in [0.1, 0.15) is 18.8 Å². The molecule has 2 N–H and O–H groups in total. The van der Waals surface area contributed by atoms with E-state index in [-0.39, 0.29) is 11.6 Å². The van der Waals surface area contributed by atoms with Crippen molar-refractivity contribution in [2.75, 3.05) is 12.4 Å². The molecule has 0 bridgehead atoms. The molecule has 0 aliphatic heterocycles. The number of ether oxygens (including phenoxy) is 2. The zero-order valence-electron chi connectivity index (χ0n) is 13.7. The summed E-state index contributed by atoms with van der Waals surface area (Å²) in [7, 11) is 1.52. The van der Waals surface area contributed by atoms with E-state index in [2.05, 4.69) is 20.5 Å². The number of benzene rings is 2. The van der Waals surface area contributed by atoms with Crippen molar-refractivity contribution in [3.05, 3.63) is 63.6 Å². The van der Waals surface area contributed by atoms with Gasteiger partial charge in [0.05, 0.1) is 17.2 Å². The Morgan fingerprint density at radius 1 is 1.19 bits per heavy atom. The fourth-order valence-corrected chi connectivity index (χ4v) is 2.79. The summed E-state index contributed by atoms with van der Waals surface area (Å²) in [6, 6.07) is 7.68. The van der Waals surface area contributed by atoms with Crippen LogP contribution in [0.1, 0.15) is 11.1 Å². The SMILES string of the molecule is COc1cc(CNc2ncn[nH]2)cc(Cl)c1OCc1ccc(F)cc1Cl. The van der Waals surface area contributed by atoms with Crippen LogP contribution in [0.4, 0.5) is 10.3 Å². The maximum absolute atomic E-state index is 13.1. The van der Waals surface area contributed by atoms with Gasteiger partial charge in [0.2, 0.25) is 5.95 Å². The molecule has 9 heteroatoms. The average Bonchev–Trinajstić information content (AvgIpc) is 3.13. The van der Waals surface area contributed by atoms with E-state index < -0.39 is 5.82 Å². The van der Waals surface area contributed by atoms with E-state index in [1.165, 1.54) is 25.6 Å². The van der Waals surface area contributed by atoms with E-state index in [1.807, 2.05) is 0 Å². The Labute approximate surface area is 159 Å². The van der Waals surface area contributed by atoms with E-state index in [0.29, 0.717) is 34.6 Å². The van der Waals surface area contributed by atoms with Crippen molar-refractivity contribution in [3.8, 4) is 11.5 Å². The summed E-state index contributed by atoms with van der Waals surface area (Å²) in [5, 5.41) is 10.2. The molecule has 1 aromatic heterocycles. The Morgan fingerprint density at radius 2 is 2.04 bits per heavy atom. The maximum atomic E-state index is 13.1. The number of aromatic nitrogens is 3. The normalized spacial score (nSPS) is 10.6. The van der Waals surface area contributed by atoms with Crippen LogP contribution in [-0.2, 0) is 13.2 Å². The van der Waals surface area contributed by atoms with Gasteiger partial charge in [-0.15, -0.1) is 0 Å². The molecular formula is C17H15Cl2FN4O2. The summed E-state index contributed by atoms with van der Waals surface area (Å²) in [5.74, 6) is 1.01. The largest absolute Gasteiger partial charge is 0.493 e. The van der Waals surface area contributed by atoms with Gasteiger partial charge in [0, 0.05) is 12.1 Å². The van der Waals surface area contributed by atoms with E-state index in [4.69, 9.17) is 32.7 Å². The lowest BCUT2D eigenvalue weighted by atomic mass is 10.2. The topological polar surface area (TPSA) is 72.1 Å². The first-order chi connectivity index (χ1) is 12.6. The van der Waals surface area contributed by atoms with Crippen molar-refractivity contribution >= 4 is 29.2 Å². The molecule has 0 atom stereocenters. The van der Waals surface area contributed by atoms with Crippen LogP contribution in [0.15, 0.2) is 36.7 Å². The van der Waals surface area contributed by atoms with Gasteiger partial charge < -0.3 is 14.8 Å². The Morgan fingerprint density at radius 3 is 2.73 bits per heavy atom. The molecule has 0 fully saturated rings. The first kappa shape index (κ1) is 18.3. The number of rotatable bonds is 7. The van der Waals surface area contributed by atoms with Crippen molar-refractivity contribution in [2.24, 2.45) is 0 Å². The first-order valence-electron chi connectivity index (χ1n) is 7.59. The smallest absolute Gasteiger partial charge is 0.218 e. The Kier molecular flexibility index (Phi) is 5.80. The van der Waals surface area contributed by atoms with Crippen LogP contribution < -0.4 is 14.8 Å². The second-order valence-electron chi connectivity index (χ2n) is 5.32. The van der Waals surface area contributed by atoms with Gasteiger partial charge in [-0.2, -0.15) is 5.10 Å². The fourth-order valence-electron chi connectivity index (χ4n) is 2.28. The minimum absolute atomic E-state index is 0.130. The standard InChI is InChI=1S/C17H15Cl2FN4O2/c1-25-15-5-10(7-21-17-22-9-23-24-17)4-14(19)16(15)26-8-11-2-3-12(20)6-13(11)18/h2-6,9H,7-8H2,1H3,(H2,21,22,23,24). The summed E-state index contributed by atoms with van der Waals surface area (Å²) >= 11 is 12.4. The van der Waals surface area contributed by atoms with Gasteiger partial charge in [-0.25, -0.2) is 14.5 Å². The highest BCUT2D eigenvalue weighted by molar-refractivity contribution is 6.32. The predicted molar refractivity (Wildman–Crippen MR) is 97.5 cm³/mol. The highest BCUT2D eigenvalue weighted by Crippen LogP contribution is 2.37. The molecule has 0 aliphatic rings. The Hall–Kier alpha value is -2.51. The number of nitrogens with zero attached hydrogens (tertiary/aromatic N) is 2. The van der Waals surface area contributed by atoms with Gasteiger partial charge in [0.15, 0.2) is 11.5 Å². The van der Waals surface area contributed by atoms with Gasteiger partial charge in [-0.1, -0.05) is 29.3 Å². The molecule has 26 heavy (non-hydrogen) atoms. The Balaban J connectivity index is 1.74. The lowest BCUT2D eigenvalue weighted by molar-refractivity contribution is 0.284. The van der Waals surface area contributed by atoms with Crippen molar-refractivity contribution in [1.29, 1.82) is 0 Å². The predicted octanol–water partition coefficient (Wildman–Crippen LogP) is 4.45. The van der Waals surface area contributed by atoms with Crippen LogP contribution >= 0.6 is 23.2 Å². The highest BCUT2D eigenvalue weighted by Gasteiger charge is 2.13. The van der Waals surface area contributed by atoms with E-state index in [1.54, 1.807) is 18.2 Å². The quantitative estimate of drug-likeness (QED) is 0.617. The van der Waals surface area contributed by atoms with E-state index in [0.717, 1.165) is 5.56 Å². The minimum atomic E-state index is -0.405. The van der Waals surface area contributed by atoms with Crippen LogP contribution in [0.5, 0.6) is 11.5 Å². The zero-order chi connectivity index (χ0) is 18.5. The third-order valence-corrected chi connectivity index (χ3v) is 4.18. The van der Waals surface area contributed by atoms with Crippen LogP contribution in [0.3, 0.4) is 0 Å². The van der Waals surface area contributed by atoms with Gasteiger partial charge in [0.25, 0.3) is 0 Å². The van der Waals surface area contributed by atoms with Crippen molar-refractivity contribution in [1.82, 2.24) is 15.2 Å². The number of halogens is 3. The first-order valence-corrected chi connectivity index (χ1v) is 8.35. The molecule has 0 amide bonds. The third-order valence-electron chi connectivity index (χ3n) is 3.55. The van der Waals surface area contributed by atoms with E-state index >= 15 is 0 Å². The third kappa shape index (κ3) is 4.36. The van der Waals surface area contributed by atoms with Crippen molar-refractivity contribution in [2.45, 2.75) is 13.2 Å². The Bertz CT molecular complexity index is 891. The highest BCUT2D eigenvalue weighted by atomic mass is 35.5. The molecule has 0 saturated heterocycles. The van der Waals surface area contributed by atoms with Gasteiger partial charge >= 0.3 is 0 Å². The second-order valence-corrected chi connectivity index (χ2v) is 6.14. The molecule has 0 spiro atoms. The molecule has 0 aliphatic carbocycles. The van der Waals surface area contributed by atoms with Crippen LogP contribution in [0.25, 0.3) is 0 Å². The minimum Gasteiger partial charge on any atom is -0.493 e. The van der Waals surface area contributed by atoms with Gasteiger partial charge in [-0.05, 0) is 29.8 Å². The maximum Gasteiger partial charge on any atom is 0.218 e. The summed E-state index contributed by atoms with van der Waals surface area (Å²) in [5.41, 5.74) is 1.51. The lowest BCUT2D eigenvalue weighted by Crippen LogP contribution is -2.04. The summed E-state index contributed by atoms with van der Waals surface area (Å²) in [4.78, 5) is 3.99. The van der Waals surface area contributed by atoms with Gasteiger partial charge in [-0.3, -0.25) is 0 Å². The van der Waals surface area contributed by atoms with Crippen LogP contribution in [0, 0.1) is 5.82 Å². The molecular weight excluding hydrogens is 382 g/mol. The molecule has 3 rings (SSSR count). The molecule has 2 aromatic carbocycles. The number of nitrogens with one attached hydrogen (secondary N) is 2. The molecule has 1 heterocycles. The molecule has 136 valence electrons. The summed E-state index contributed by atoms with van der Waals surface area (Å²) < 4.78 is 24.3. The lowest BCUT2D eigenvalue weighted by Gasteiger charge is -2.15. The molecule has 0 radical (unpaired) electrons. The fraction of sp³-hybridized carbons (Fsp3) is 0.176. The second kappa shape index (κ2) is 8.25. The molecule has 6 nitrogen and oxygen atoms in total. The number of hydrogen-bond acceptors (Lipinski definition) is 5. The average molecular weight is 397 g/mol. The van der Waals surface area contributed by atoms with E-state index in [9.17, 15) is 4.39 Å². The number of anilines is 1. The number of H-pyrrole nitrogens is 1. The monoisotopic (exact) mass is 396 g/mol. The number of methoxy groups -OCH3 is 1. The number of hydrogen-bond donors (Lipinski definition) is 2. The number of aromatic amines is 1.